The minimum atomic E-state index is -4.24. The van der Waals surface area contributed by atoms with Crippen LogP contribution in [0.2, 0.25) is 0 Å². The molecule has 1 amide bonds. The van der Waals surface area contributed by atoms with E-state index in [4.69, 9.17) is 4.74 Å². The number of ether oxygens (including phenoxy) is 1. The highest BCUT2D eigenvalue weighted by Gasteiger charge is 2.36. The van der Waals surface area contributed by atoms with Crippen LogP contribution in [-0.2, 0) is 23.1 Å². The zero-order chi connectivity index (χ0) is 17.2. The molecule has 7 nitrogen and oxygen atoms in total. The number of alkyl halides is 1. The average Bonchev–Trinajstić information content (AvgIpc) is 2.50. The van der Waals surface area contributed by atoms with E-state index < -0.39 is 19.4 Å². The van der Waals surface area contributed by atoms with E-state index in [1.54, 1.807) is 0 Å². The predicted octanol–water partition coefficient (Wildman–Crippen LogP) is 0.926. The molecule has 0 saturated heterocycles. The number of phosphoric ester groups is 1. The summed E-state index contributed by atoms with van der Waals surface area (Å²) in [5.41, 5.74) is -2.14. The van der Waals surface area contributed by atoms with E-state index in [9.17, 15) is 18.6 Å². The molecule has 0 aromatic heterocycles. The predicted molar refractivity (Wildman–Crippen MR) is 79.1 cm³/mol. The molecule has 9 heteroatoms. The Morgan fingerprint density at radius 3 is 2.87 bits per heavy atom. The second-order valence-electron chi connectivity index (χ2n) is 4.99. The maximum absolute atomic E-state index is 14.5. The van der Waals surface area contributed by atoms with Gasteiger partial charge in [0.2, 0.25) is 5.67 Å². The molecule has 1 rings (SSSR count). The summed E-state index contributed by atoms with van der Waals surface area (Å²) in [4.78, 5) is 22.7. The summed E-state index contributed by atoms with van der Waals surface area (Å²) >= 11 is 0. The SMILES string of the molecule is COP(=O)([O-])OCCOCCNC(=O)[C@]1(F)C#CCCCCC1. The summed E-state index contributed by atoms with van der Waals surface area (Å²) in [5.74, 6) is 4.35. The van der Waals surface area contributed by atoms with Gasteiger partial charge in [0.05, 0.1) is 19.8 Å². The van der Waals surface area contributed by atoms with Gasteiger partial charge in [0.15, 0.2) is 0 Å². The van der Waals surface area contributed by atoms with Crippen LogP contribution in [0.4, 0.5) is 4.39 Å². The van der Waals surface area contributed by atoms with E-state index in [2.05, 4.69) is 26.2 Å². The van der Waals surface area contributed by atoms with Gasteiger partial charge in [-0.15, -0.1) is 0 Å². The quantitative estimate of drug-likeness (QED) is 0.377. The number of rotatable bonds is 9. The van der Waals surface area contributed by atoms with Crippen LogP contribution in [0.15, 0.2) is 0 Å². The molecule has 0 aliphatic heterocycles. The van der Waals surface area contributed by atoms with Crippen molar-refractivity contribution in [3.8, 4) is 11.8 Å². The van der Waals surface area contributed by atoms with E-state index in [0.29, 0.717) is 12.8 Å². The van der Waals surface area contributed by atoms with Gasteiger partial charge in [0.1, 0.15) is 0 Å². The Bertz CT molecular complexity index is 491. The lowest BCUT2D eigenvalue weighted by molar-refractivity contribution is -0.223. The van der Waals surface area contributed by atoms with Gasteiger partial charge in [-0.1, -0.05) is 18.3 Å². The molecule has 0 aromatic carbocycles. The number of amides is 1. The molecule has 0 radical (unpaired) electrons. The monoisotopic (exact) mass is 350 g/mol. The smallest absolute Gasteiger partial charge is 0.270 e. The minimum absolute atomic E-state index is 0.00599. The molecular weight excluding hydrogens is 328 g/mol. The lowest BCUT2D eigenvalue weighted by Gasteiger charge is -2.20. The topological polar surface area (TPSA) is 96.9 Å². The zero-order valence-corrected chi connectivity index (χ0v) is 14.0. The Labute approximate surface area is 135 Å². The normalized spacial score (nSPS) is 23.8. The number of halogens is 1. The highest BCUT2D eigenvalue weighted by Crippen LogP contribution is 2.36. The van der Waals surface area contributed by atoms with E-state index in [1.165, 1.54) is 0 Å². The van der Waals surface area contributed by atoms with Crippen molar-refractivity contribution in [3.63, 3.8) is 0 Å². The van der Waals surface area contributed by atoms with E-state index in [1.807, 2.05) is 0 Å². The molecule has 132 valence electrons. The molecule has 0 heterocycles. The fourth-order valence-corrected chi connectivity index (χ4v) is 2.34. The molecule has 0 fully saturated rings. The van der Waals surface area contributed by atoms with Gasteiger partial charge in [-0.3, -0.25) is 9.36 Å². The van der Waals surface area contributed by atoms with Gasteiger partial charge in [-0.25, -0.2) is 4.39 Å². The third kappa shape index (κ3) is 7.91. The summed E-state index contributed by atoms with van der Waals surface area (Å²) < 4.78 is 38.9. The molecule has 23 heavy (non-hydrogen) atoms. The lowest BCUT2D eigenvalue weighted by atomic mass is 9.94. The van der Waals surface area contributed by atoms with Crippen molar-refractivity contribution in [1.82, 2.24) is 5.32 Å². The molecule has 1 aliphatic rings. The highest BCUT2D eigenvalue weighted by molar-refractivity contribution is 7.45. The van der Waals surface area contributed by atoms with Crippen LogP contribution in [0.25, 0.3) is 0 Å². The molecule has 1 aliphatic carbocycles. The molecular formula is C14H22FNO6P-. The van der Waals surface area contributed by atoms with Crippen LogP contribution in [0.3, 0.4) is 0 Å². The molecule has 2 atom stereocenters. The van der Waals surface area contributed by atoms with Crippen molar-refractivity contribution >= 4 is 13.7 Å². The summed E-state index contributed by atoms with van der Waals surface area (Å²) in [6.07, 6.45) is 3.12. The Balaban J connectivity index is 2.19. The van der Waals surface area contributed by atoms with E-state index in [0.717, 1.165) is 20.0 Å². The Hall–Kier alpha value is -0.970. The number of phosphoric acid groups is 1. The standard InChI is InChI=1S/C14H23FNO6P/c1-20-23(18,19)22-12-11-21-10-9-16-13(17)14(15)7-5-3-2-4-6-8-14/h2-5,7,9-12H2,1H3,(H,16,17)(H,18,19)/p-1/t14-/m1/s1. The van der Waals surface area contributed by atoms with Gasteiger partial charge in [-0.05, 0) is 12.8 Å². The maximum Gasteiger partial charge on any atom is 0.270 e. The average molecular weight is 350 g/mol. The van der Waals surface area contributed by atoms with Gasteiger partial charge in [0.25, 0.3) is 13.7 Å². The summed E-state index contributed by atoms with van der Waals surface area (Å²) in [6, 6.07) is 0. The molecule has 1 unspecified atom stereocenters. The Morgan fingerprint density at radius 2 is 2.13 bits per heavy atom. The van der Waals surface area contributed by atoms with Gasteiger partial charge >= 0.3 is 0 Å². The van der Waals surface area contributed by atoms with Crippen molar-refractivity contribution in [2.45, 2.75) is 37.8 Å². The third-order valence-corrected chi connectivity index (χ3v) is 4.15. The van der Waals surface area contributed by atoms with Crippen LogP contribution in [-0.4, -0.2) is 45.1 Å². The van der Waals surface area contributed by atoms with Crippen LogP contribution in [0, 0.1) is 11.8 Å². The molecule has 0 spiro atoms. The van der Waals surface area contributed by atoms with Gasteiger partial charge in [0, 0.05) is 26.5 Å². The van der Waals surface area contributed by atoms with Crippen LogP contribution < -0.4 is 10.2 Å². The van der Waals surface area contributed by atoms with Crippen LogP contribution >= 0.6 is 7.82 Å². The molecule has 1 N–H and O–H groups in total. The van der Waals surface area contributed by atoms with Gasteiger partial charge < -0.3 is 24.0 Å². The number of carbonyl (C=O) groups excluding carboxylic acids is 1. The molecule has 0 bridgehead atoms. The zero-order valence-electron chi connectivity index (χ0n) is 13.1. The second kappa shape index (κ2) is 10.0. The number of nitrogens with one attached hydrogen (secondary N) is 1. The van der Waals surface area contributed by atoms with Crippen molar-refractivity contribution in [2.24, 2.45) is 0 Å². The first-order valence-electron chi connectivity index (χ1n) is 7.46. The Morgan fingerprint density at radius 1 is 1.35 bits per heavy atom. The molecule has 0 aromatic rings. The van der Waals surface area contributed by atoms with E-state index >= 15 is 0 Å². The number of hydrogen-bond acceptors (Lipinski definition) is 6. The fourth-order valence-electron chi connectivity index (χ4n) is 1.93. The first kappa shape index (κ1) is 20.1. The first-order chi connectivity index (χ1) is 10.9. The van der Waals surface area contributed by atoms with Crippen LogP contribution in [0.5, 0.6) is 0 Å². The molecule has 0 saturated carbocycles. The first-order valence-corrected chi connectivity index (χ1v) is 8.92. The number of carbonyl (C=O) groups is 1. The van der Waals surface area contributed by atoms with Crippen molar-refractivity contribution < 1.29 is 32.4 Å². The van der Waals surface area contributed by atoms with Crippen molar-refractivity contribution in [3.05, 3.63) is 0 Å². The summed E-state index contributed by atoms with van der Waals surface area (Å²) in [7, 11) is -3.25. The number of hydrogen-bond donors (Lipinski definition) is 1. The third-order valence-electron chi connectivity index (χ3n) is 3.20. The van der Waals surface area contributed by atoms with Gasteiger partial charge in [-0.2, -0.15) is 0 Å². The minimum Gasteiger partial charge on any atom is -0.756 e. The Kier molecular flexibility index (Phi) is 8.74. The van der Waals surface area contributed by atoms with Crippen LogP contribution in [0.1, 0.15) is 32.1 Å². The fraction of sp³-hybridized carbons (Fsp3) is 0.786. The summed E-state index contributed by atoms with van der Waals surface area (Å²) in [6.45, 7) is 0.0212. The maximum atomic E-state index is 14.5. The van der Waals surface area contributed by atoms with E-state index in [-0.39, 0.29) is 32.8 Å². The second-order valence-corrected chi connectivity index (χ2v) is 6.51. The van der Waals surface area contributed by atoms with Crippen molar-refractivity contribution in [2.75, 3.05) is 33.5 Å². The largest absolute Gasteiger partial charge is 0.756 e. The summed E-state index contributed by atoms with van der Waals surface area (Å²) in [5, 5.41) is 2.44. The lowest BCUT2D eigenvalue weighted by Crippen LogP contribution is -2.44. The van der Waals surface area contributed by atoms with Crippen molar-refractivity contribution in [1.29, 1.82) is 0 Å². The highest BCUT2D eigenvalue weighted by atomic mass is 31.2.